The number of hydrogen-bond acceptors (Lipinski definition) is 4. The summed E-state index contributed by atoms with van der Waals surface area (Å²) in [5.41, 5.74) is 6.61. The molecule has 1 aromatic heterocycles. The lowest BCUT2D eigenvalue weighted by Crippen LogP contribution is -2.38. The third kappa shape index (κ3) is 5.06. The number of aromatic nitrogens is 2. The molecule has 0 aliphatic heterocycles. The summed E-state index contributed by atoms with van der Waals surface area (Å²) >= 11 is 0. The lowest BCUT2D eigenvalue weighted by Gasteiger charge is -2.09. The molecule has 2 amide bonds. The van der Waals surface area contributed by atoms with Gasteiger partial charge in [0.2, 0.25) is 0 Å². The van der Waals surface area contributed by atoms with Gasteiger partial charge >= 0.3 is 0 Å². The molecule has 0 saturated carbocycles. The van der Waals surface area contributed by atoms with E-state index in [0.717, 1.165) is 16.8 Å². The van der Waals surface area contributed by atoms with Crippen LogP contribution in [-0.2, 0) is 4.79 Å². The van der Waals surface area contributed by atoms with Crippen molar-refractivity contribution in [2.24, 2.45) is 5.84 Å². The molecular formula is C26H23N5O2. The summed E-state index contributed by atoms with van der Waals surface area (Å²) in [5.74, 6) is 4.36. The second-order valence-electron chi connectivity index (χ2n) is 7.43. The minimum Gasteiger partial charge on any atom is -0.317 e. The number of aryl methyl sites for hydroxylation is 1. The minimum absolute atomic E-state index is 0.00729. The van der Waals surface area contributed by atoms with Crippen LogP contribution in [0.25, 0.3) is 23.0 Å². The summed E-state index contributed by atoms with van der Waals surface area (Å²) in [6, 6.07) is 26.3. The first kappa shape index (κ1) is 21.7. The quantitative estimate of drug-likeness (QED) is 0.186. The van der Waals surface area contributed by atoms with Crippen LogP contribution in [0.1, 0.15) is 21.5 Å². The number of hydrazine groups is 1. The molecule has 4 rings (SSSR count). The van der Waals surface area contributed by atoms with Gasteiger partial charge in [0.1, 0.15) is 11.4 Å². The number of nitrogens with two attached hydrogens (primary N) is 1. The number of hydrogen-bond donors (Lipinski definition) is 3. The molecule has 0 saturated heterocycles. The Morgan fingerprint density at radius 2 is 1.55 bits per heavy atom. The van der Waals surface area contributed by atoms with Gasteiger partial charge in [-0.15, -0.1) is 0 Å². The molecule has 0 bridgehead atoms. The molecule has 0 unspecified atom stereocenters. The molecule has 7 heteroatoms. The molecule has 0 fully saturated rings. The second-order valence-corrected chi connectivity index (χ2v) is 7.43. The van der Waals surface area contributed by atoms with E-state index in [0.29, 0.717) is 16.8 Å². The molecular weight excluding hydrogens is 414 g/mol. The van der Waals surface area contributed by atoms with Gasteiger partial charge < -0.3 is 5.32 Å². The van der Waals surface area contributed by atoms with Gasteiger partial charge in [-0.25, -0.2) is 10.5 Å². The summed E-state index contributed by atoms with van der Waals surface area (Å²) in [7, 11) is 0. The van der Waals surface area contributed by atoms with E-state index in [1.54, 1.807) is 29.1 Å². The molecule has 4 aromatic rings. The summed E-state index contributed by atoms with van der Waals surface area (Å²) < 4.78 is 1.73. The third-order valence-corrected chi connectivity index (χ3v) is 5.05. The topological polar surface area (TPSA) is 102 Å². The second kappa shape index (κ2) is 9.76. The summed E-state index contributed by atoms with van der Waals surface area (Å²) in [6.45, 7) is 1.93. The van der Waals surface area contributed by atoms with Crippen molar-refractivity contribution in [2.75, 3.05) is 0 Å². The molecule has 4 N–H and O–H groups in total. The fraction of sp³-hybridized carbons (Fsp3) is 0.0385. The number of benzene rings is 3. The van der Waals surface area contributed by atoms with Crippen molar-refractivity contribution < 1.29 is 9.59 Å². The summed E-state index contributed by atoms with van der Waals surface area (Å²) in [4.78, 5) is 25.3. The highest BCUT2D eigenvalue weighted by Crippen LogP contribution is 2.25. The SMILES string of the molecule is Cc1ccc(C(=O)N/C(=C\c2cn(-c3ccccc3)nc2-c2ccccc2)C(=O)NN)cc1. The van der Waals surface area contributed by atoms with Crippen molar-refractivity contribution in [3.63, 3.8) is 0 Å². The number of carbonyl (C=O) groups is 2. The Balaban J connectivity index is 1.77. The van der Waals surface area contributed by atoms with E-state index in [4.69, 9.17) is 10.9 Å². The number of para-hydroxylation sites is 1. The number of nitrogens with one attached hydrogen (secondary N) is 2. The lowest BCUT2D eigenvalue weighted by atomic mass is 10.1. The van der Waals surface area contributed by atoms with Crippen molar-refractivity contribution in [3.8, 4) is 16.9 Å². The molecule has 164 valence electrons. The number of nitrogens with zero attached hydrogens (tertiary/aromatic N) is 2. The highest BCUT2D eigenvalue weighted by Gasteiger charge is 2.17. The minimum atomic E-state index is -0.623. The zero-order valence-electron chi connectivity index (χ0n) is 18.0. The Bertz CT molecular complexity index is 1290. The van der Waals surface area contributed by atoms with E-state index in [-0.39, 0.29) is 5.70 Å². The molecule has 1 heterocycles. The number of amides is 2. The molecule has 0 atom stereocenters. The van der Waals surface area contributed by atoms with E-state index in [1.807, 2.05) is 79.7 Å². The first-order chi connectivity index (χ1) is 16.0. The van der Waals surface area contributed by atoms with Gasteiger partial charge in [0.05, 0.1) is 5.69 Å². The lowest BCUT2D eigenvalue weighted by molar-refractivity contribution is -0.117. The normalized spacial score (nSPS) is 11.2. The molecule has 33 heavy (non-hydrogen) atoms. The predicted octanol–water partition coefficient (Wildman–Crippen LogP) is 3.61. The van der Waals surface area contributed by atoms with Crippen LogP contribution in [0, 0.1) is 6.92 Å². The van der Waals surface area contributed by atoms with Crippen LogP contribution < -0.4 is 16.6 Å². The highest BCUT2D eigenvalue weighted by molar-refractivity contribution is 6.05. The molecule has 0 radical (unpaired) electrons. The molecule has 7 nitrogen and oxygen atoms in total. The molecule has 0 spiro atoms. The smallest absolute Gasteiger partial charge is 0.281 e. The van der Waals surface area contributed by atoms with Gasteiger partial charge in [-0.1, -0.05) is 66.2 Å². The largest absolute Gasteiger partial charge is 0.317 e. The van der Waals surface area contributed by atoms with Crippen LogP contribution >= 0.6 is 0 Å². The van der Waals surface area contributed by atoms with Crippen LogP contribution in [-0.4, -0.2) is 21.6 Å². The average molecular weight is 438 g/mol. The van der Waals surface area contributed by atoms with Crippen molar-refractivity contribution >= 4 is 17.9 Å². The monoisotopic (exact) mass is 437 g/mol. The standard InChI is InChI=1S/C26H23N5O2/c1-18-12-14-20(15-13-18)25(32)28-23(26(33)29-27)16-21-17-31(22-10-6-3-7-11-22)30-24(21)19-8-4-2-5-9-19/h2-17H,27H2,1H3,(H,28,32)(H,29,33)/b23-16-. The Kier molecular flexibility index (Phi) is 6.43. The molecule has 0 aliphatic rings. The Morgan fingerprint density at radius 1 is 0.909 bits per heavy atom. The molecule has 0 aliphatic carbocycles. The zero-order valence-corrected chi connectivity index (χ0v) is 18.0. The van der Waals surface area contributed by atoms with E-state index >= 15 is 0 Å². The first-order valence-electron chi connectivity index (χ1n) is 10.4. The van der Waals surface area contributed by atoms with Gasteiger partial charge in [0, 0.05) is 22.9 Å². The number of carbonyl (C=O) groups excluding carboxylic acids is 2. The van der Waals surface area contributed by atoms with Crippen molar-refractivity contribution in [3.05, 3.63) is 114 Å². The van der Waals surface area contributed by atoms with Crippen LogP contribution in [0.3, 0.4) is 0 Å². The van der Waals surface area contributed by atoms with E-state index < -0.39 is 11.8 Å². The third-order valence-electron chi connectivity index (χ3n) is 5.05. The Hall–Kier alpha value is -4.49. The van der Waals surface area contributed by atoms with Crippen molar-refractivity contribution in [1.29, 1.82) is 0 Å². The highest BCUT2D eigenvalue weighted by atomic mass is 16.2. The fourth-order valence-electron chi connectivity index (χ4n) is 3.32. The van der Waals surface area contributed by atoms with Crippen LogP contribution in [0.2, 0.25) is 0 Å². The van der Waals surface area contributed by atoms with Gasteiger partial charge in [-0.2, -0.15) is 5.10 Å². The van der Waals surface area contributed by atoms with Crippen LogP contribution in [0.5, 0.6) is 0 Å². The van der Waals surface area contributed by atoms with Gasteiger partial charge in [-0.3, -0.25) is 15.0 Å². The van der Waals surface area contributed by atoms with Crippen molar-refractivity contribution in [2.45, 2.75) is 6.92 Å². The summed E-state index contributed by atoms with van der Waals surface area (Å²) in [5, 5.41) is 7.41. The number of rotatable bonds is 6. The maximum absolute atomic E-state index is 12.8. The van der Waals surface area contributed by atoms with Crippen molar-refractivity contribution in [1.82, 2.24) is 20.5 Å². The maximum atomic E-state index is 12.8. The van der Waals surface area contributed by atoms with E-state index in [9.17, 15) is 9.59 Å². The van der Waals surface area contributed by atoms with Crippen LogP contribution in [0.15, 0.2) is 96.8 Å². The fourth-order valence-corrected chi connectivity index (χ4v) is 3.32. The van der Waals surface area contributed by atoms with Gasteiger partial charge in [-0.05, 0) is 37.3 Å². The van der Waals surface area contributed by atoms with Crippen LogP contribution in [0.4, 0.5) is 0 Å². The molecule has 3 aromatic carbocycles. The maximum Gasteiger partial charge on any atom is 0.281 e. The van der Waals surface area contributed by atoms with E-state index in [1.165, 1.54) is 0 Å². The summed E-state index contributed by atoms with van der Waals surface area (Å²) in [6.07, 6.45) is 3.38. The van der Waals surface area contributed by atoms with Gasteiger partial charge in [0.25, 0.3) is 11.8 Å². The first-order valence-corrected chi connectivity index (χ1v) is 10.4. The Morgan fingerprint density at radius 3 is 2.18 bits per heavy atom. The van der Waals surface area contributed by atoms with Gasteiger partial charge in [0.15, 0.2) is 0 Å². The predicted molar refractivity (Wildman–Crippen MR) is 128 cm³/mol. The zero-order chi connectivity index (χ0) is 23.2. The van der Waals surface area contributed by atoms with E-state index in [2.05, 4.69) is 10.7 Å². The Labute approximate surface area is 191 Å². The average Bonchev–Trinajstić information content (AvgIpc) is 3.28.